The lowest BCUT2D eigenvalue weighted by atomic mass is 9.87. The SMILES string of the molecule is Cc1cc(OC(=O)C2CCC(O)CC2)ccc1OC(=O)c1ccc(O)cc1. The molecule has 0 aliphatic heterocycles. The van der Waals surface area contributed by atoms with Crippen LogP contribution in [0.4, 0.5) is 0 Å². The Labute approximate surface area is 157 Å². The van der Waals surface area contributed by atoms with E-state index in [0.29, 0.717) is 48.3 Å². The standard InChI is InChI=1S/C21H22O6/c1-13-12-18(26-20(24)14-2-6-16(22)7-3-14)10-11-19(13)27-21(25)15-4-8-17(23)9-5-15/h4-5,8-12,14,16,22-23H,2-3,6-7H2,1H3. The molecule has 1 aliphatic carbocycles. The first-order chi connectivity index (χ1) is 12.9. The average Bonchev–Trinajstić information content (AvgIpc) is 2.65. The Kier molecular flexibility index (Phi) is 5.76. The maximum absolute atomic E-state index is 12.3. The first kappa shape index (κ1) is 18.9. The number of carbonyl (C=O) groups excluding carboxylic acids is 2. The van der Waals surface area contributed by atoms with E-state index in [9.17, 15) is 19.8 Å². The van der Waals surface area contributed by atoms with Crippen molar-refractivity contribution >= 4 is 11.9 Å². The van der Waals surface area contributed by atoms with E-state index < -0.39 is 5.97 Å². The fourth-order valence-corrected chi connectivity index (χ4v) is 3.07. The molecule has 0 amide bonds. The second-order valence-corrected chi connectivity index (χ2v) is 6.79. The lowest BCUT2D eigenvalue weighted by Gasteiger charge is -2.23. The Morgan fingerprint density at radius 3 is 2.26 bits per heavy atom. The molecule has 2 aromatic rings. The zero-order chi connectivity index (χ0) is 19.4. The summed E-state index contributed by atoms with van der Waals surface area (Å²) in [6.45, 7) is 1.76. The van der Waals surface area contributed by atoms with Crippen LogP contribution in [-0.2, 0) is 4.79 Å². The number of hydrogen-bond donors (Lipinski definition) is 2. The van der Waals surface area contributed by atoms with Gasteiger partial charge in [-0.25, -0.2) is 4.79 Å². The van der Waals surface area contributed by atoms with Crippen molar-refractivity contribution in [3.05, 3.63) is 53.6 Å². The molecular weight excluding hydrogens is 348 g/mol. The number of aliphatic hydroxyl groups excluding tert-OH is 1. The number of phenols is 1. The summed E-state index contributed by atoms with van der Waals surface area (Å²) in [7, 11) is 0. The number of aliphatic hydroxyl groups is 1. The van der Waals surface area contributed by atoms with E-state index in [1.54, 1.807) is 25.1 Å². The Bertz CT molecular complexity index is 819. The average molecular weight is 370 g/mol. The number of ether oxygens (including phenoxy) is 2. The van der Waals surface area contributed by atoms with Gasteiger partial charge in [0.2, 0.25) is 0 Å². The molecule has 0 unspecified atom stereocenters. The summed E-state index contributed by atoms with van der Waals surface area (Å²) in [5.74, 6) is -0.192. The Morgan fingerprint density at radius 2 is 1.63 bits per heavy atom. The molecular formula is C21H22O6. The molecule has 0 bridgehead atoms. The van der Waals surface area contributed by atoms with Crippen LogP contribution in [0.5, 0.6) is 17.2 Å². The summed E-state index contributed by atoms with van der Waals surface area (Å²) in [4.78, 5) is 24.4. The maximum atomic E-state index is 12.3. The third-order valence-corrected chi connectivity index (χ3v) is 4.70. The molecule has 1 saturated carbocycles. The van der Waals surface area contributed by atoms with Crippen LogP contribution in [-0.4, -0.2) is 28.3 Å². The summed E-state index contributed by atoms with van der Waals surface area (Å²) in [6, 6.07) is 10.6. The monoisotopic (exact) mass is 370 g/mol. The largest absolute Gasteiger partial charge is 0.508 e. The molecule has 142 valence electrons. The Hall–Kier alpha value is -2.86. The third-order valence-electron chi connectivity index (χ3n) is 4.70. The van der Waals surface area contributed by atoms with Gasteiger partial charge in [-0.1, -0.05) is 0 Å². The normalized spacial score (nSPS) is 19.3. The fourth-order valence-electron chi connectivity index (χ4n) is 3.07. The second-order valence-electron chi connectivity index (χ2n) is 6.79. The highest BCUT2D eigenvalue weighted by atomic mass is 16.5. The highest BCUT2D eigenvalue weighted by Crippen LogP contribution is 2.28. The number of aromatic hydroxyl groups is 1. The van der Waals surface area contributed by atoms with Crippen molar-refractivity contribution in [2.45, 2.75) is 38.7 Å². The van der Waals surface area contributed by atoms with Crippen LogP contribution in [0.2, 0.25) is 0 Å². The minimum atomic E-state index is -0.538. The summed E-state index contributed by atoms with van der Waals surface area (Å²) >= 11 is 0. The van der Waals surface area contributed by atoms with E-state index in [1.165, 1.54) is 24.3 Å². The van der Waals surface area contributed by atoms with E-state index in [4.69, 9.17) is 9.47 Å². The van der Waals surface area contributed by atoms with Crippen LogP contribution in [0, 0.1) is 12.8 Å². The molecule has 2 N–H and O–H groups in total. The quantitative estimate of drug-likeness (QED) is 0.633. The van der Waals surface area contributed by atoms with Crippen LogP contribution in [0.15, 0.2) is 42.5 Å². The number of aryl methyl sites for hydroxylation is 1. The van der Waals surface area contributed by atoms with Crippen molar-refractivity contribution in [3.63, 3.8) is 0 Å². The molecule has 27 heavy (non-hydrogen) atoms. The van der Waals surface area contributed by atoms with Crippen LogP contribution >= 0.6 is 0 Å². The van der Waals surface area contributed by atoms with Crippen LogP contribution in [0.25, 0.3) is 0 Å². The van der Waals surface area contributed by atoms with E-state index in [0.717, 1.165) is 0 Å². The third kappa shape index (κ3) is 4.86. The first-order valence-corrected chi connectivity index (χ1v) is 8.94. The molecule has 0 heterocycles. The topological polar surface area (TPSA) is 93.1 Å². The Balaban J connectivity index is 1.62. The van der Waals surface area contributed by atoms with E-state index in [1.807, 2.05) is 0 Å². The van der Waals surface area contributed by atoms with Gasteiger partial charge < -0.3 is 19.7 Å². The fraction of sp³-hybridized carbons (Fsp3) is 0.333. The summed E-state index contributed by atoms with van der Waals surface area (Å²) in [5, 5.41) is 18.8. The predicted octanol–water partition coefficient (Wildman–Crippen LogP) is 3.38. The highest BCUT2D eigenvalue weighted by Gasteiger charge is 2.26. The highest BCUT2D eigenvalue weighted by molar-refractivity contribution is 5.91. The zero-order valence-electron chi connectivity index (χ0n) is 15.1. The van der Waals surface area contributed by atoms with Crippen molar-refractivity contribution in [3.8, 4) is 17.2 Å². The molecule has 3 rings (SSSR count). The first-order valence-electron chi connectivity index (χ1n) is 8.94. The molecule has 0 radical (unpaired) electrons. The molecule has 0 atom stereocenters. The number of benzene rings is 2. The lowest BCUT2D eigenvalue weighted by molar-refractivity contribution is -0.140. The number of phenolic OH excluding ortho intramolecular Hbond substituents is 1. The number of rotatable bonds is 4. The predicted molar refractivity (Wildman–Crippen MR) is 97.8 cm³/mol. The zero-order valence-corrected chi connectivity index (χ0v) is 15.1. The van der Waals surface area contributed by atoms with Gasteiger partial charge in [0.15, 0.2) is 0 Å². The molecule has 0 aromatic heterocycles. The summed E-state index contributed by atoms with van der Waals surface area (Å²) in [5.41, 5.74) is 0.980. The summed E-state index contributed by atoms with van der Waals surface area (Å²) < 4.78 is 10.8. The van der Waals surface area contributed by atoms with Crippen LogP contribution < -0.4 is 9.47 Å². The van der Waals surface area contributed by atoms with Gasteiger partial charge in [-0.05, 0) is 80.6 Å². The van der Waals surface area contributed by atoms with Crippen molar-refractivity contribution in [1.29, 1.82) is 0 Å². The van der Waals surface area contributed by atoms with Crippen molar-refractivity contribution < 1.29 is 29.3 Å². The number of hydrogen-bond acceptors (Lipinski definition) is 6. The Morgan fingerprint density at radius 1 is 0.963 bits per heavy atom. The van der Waals surface area contributed by atoms with Gasteiger partial charge in [0.1, 0.15) is 17.2 Å². The maximum Gasteiger partial charge on any atom is 0.343 e. The van der Waals surface area contributed by atoms with Gasteiger partial charge in [-0.2, -0.15) is 0 Å². The number of carbonyl (C=O) groups is 2. The van der Waals surface area contributed by atoms with E-state index >= 15 is 0 Å². The molecule has 1 fully saturated rings. The lowest BCUT2D eigenvalue weighted by Crippen LogP contribution is -2.27. The molecule has 0 saturated heterocycles. The van der Waals surface area contributed by atoms with Crippen molar-refractivity contribution in [2.75, 3.05) is 0 Å². The second kappa shape index (κ2) is 8.22. The minimum absolute atomic E-state index is 0.0707. The summed E-state index contributed by atoms with van der Waals surface area (Å²) in [6.07, 6.45) is 2.16. The van der Waals surface area contributed by atoms with Gasteiger partial charge in [0, 0.05) is 0 Å². The molecule has 1 aliphatic rings. The van der Waals surface area contributed by atoms with Crippen molar-refractivity contribution in [1.82, 2.24) is 0 Å². The van der Waals surface area contributed by atoms with Crippen molar-refractivity contribution in [2.24, 2.45) is 5.92 Å². The van der Waals surface area contributed by atoms with Gasteiger partial charge in [-0.3, -0.25) is 4.79 Å². The molecule has 0 spiro atoms. The minimum Gasteiger partial charge on any atom is -0.508 e. The van der Waals surface area contributed by atoms with E-state index in [2.05, 4.69) is 0 Å². The molecule has 6 nitrogen and oxygen atoms in total. The van der Waals surface area contributed by atoms with Crippen LogP contribution in [0.3, 0.4) is 0 Å². The molecule has 6 heteroatoms. The van der Waals surface area contributed by atoms with Gasteiger partial charge in [-0.15, -0.1) is 0 Å². The molecule has 2 aromatic carbocycles. The van der Waals surface area contributed by atoms with Crippen LogP contribution in [0.1, 0.15) is 41.6 Å². The van der Waals surface area contributed by atoms with Gasteiger partial charge in [0.05, 0.1) is 17.6 Å². The van der Waals surface area contributed by atoms with E-state index in [-0.39, 0.29) is 23.7 Å². The van der Waals surface area contributed by atoms with Gasteiger partial charge >= 0.3 is 11.9 Å². The smallest absolute Gasteiger partial charge is 0.343 e. The van der Waals surface area contributed by atoms with Gasteiger partial charge in [0.25, 0.3) is 0 Å². The number of esters is 2.